The highest BCUT2D eigenvalue weighted by Gasteiger charge is 2.35. The third kappa shape index (κ3) is 7.12. The van der Waals surface area contributed by atoms with E-state index in [1.165, 1.54) is 33.6 Å². The second-order valence-electron chi connectivity index (χ2n) is 8.26. The second-order valence-corrected chi connectivity index (χ2v) is 11.3. The molecule has 0 spiro atoms. The molecule has 37 heavy (non-hydrogen) atoms. The maximum Gasteiger partial charge on any atom is 0.420 e. The minimum Gasteiger partial charge on any atom is -0.493 e. The van der Waals surface area contributed by atoms with Gasteiger partial charge in [-0.2, -0.15) is 13.2 Å². The number of anilines is 2. The van der Waals surface area contributed by atoms with E-state index in [1.807, 2.05) is 30.5 Å². The molecule has 1 atom stereocenters. The van der Waals surface area contributed by atoms with Gasteiger partial charge in [0.1, 0.15) is 5.75 Å². The molecule has 1 unspecified atom stereocenters. The Balaban J connectivity index is 1.40. The summed E-state index contributed by atoms with van der Waals surface area (Å²) in [6.45, 7) is 2.03. The van der Waals surface area contributed by atoms with Crippen LogP contribution in [0, 0.1) is 0 Å². The van der Waals surface area contributed by atoms with Crippen LogP contribution in [-0.4, -0.2) is 22.7 Å². The van der Waals surface area contributed by atoms with Gasteiger partial charge in [0.15, 0.2) is 5.13 Å². The summed E-state index contributed by atoms with van der Waals surface area (Å²) in [6.07, 6.45) is -1.69. The molecule has 3 heterocycles. The number of carbonyl (C=O) groups is 1. The van der Waals surface area contributed by atoms with Gasteiger partial charge in [-0.25, -0.2) is 4.98 Å². The van der Waals surface area contributed by atoms with Crippen molar-refractivity contribution in [2.24, 2.45) is 0 Å². The lowest BCUT2D eigenvalue weighted by Crippen LogP contribution is -2.10. The Hall–Kier alpha value is -2.89. The molecular weight excluding hydrogens is 541 g/mol. The summed E-state index contributed by atoms with van der Waals surface area (Å²) in [5.41, 5.74) is 0.0549. The van der Waals surface area contributed by atoms with E-state index in [9.17, 15) is 23.1 Å². The number of ether oxygens (including phenoxy) is 1. The van der Waals surface area contributed by atoms with Crippen molar-refractivity contribution in [3.8, 4) is 16.3 Å². The molecule has 0 radical (unpaired) electrons. The van der Waals surface area contributed by atoms with Gasteiger partial charge < -0.3 is 15.2 Å². The first kappa shape index (κ1) is 27.2. The van der Waals surface area contributed by atoms with Crippen molar-refractivity contribution in [1.29, 1.82) is 0 Å². The first-order chi connectivity index (χ1) is 17.7. The minimum absolute atomic E-state index is 0.191. The maximum atomic E-state index is 13.7. The Morgan fingerprint density at radius 2 is 2.00 bits per heavy atom. The fourth-order valence-electron chi connectivity index (χ4n) is 3.74. The summed E-state index contributed by atoms with van der Waals surface area (Å²) in [6, 6.07) is 11.5. The fraction of sp³-hybridized carbons (Fsp3) is 0.308. The Morgan fingerprint density at radius 3 is 2.70 bits per heavy atom. The van der Waals surface area contributed by atoms with Crippen LogP contribution in [0.2, 0.25) is 0 Å². The fourth-order valence-corrected chi connectivity index (χ4v) is 6.44. The normalized spacial score (nSPS) is 12.4. The van der Waals surface area contributed by atoms with Gasteiger partial charge >= 0.3 is 12.1 Å². The van der Waals surface area contributed by atoms with Crippen molar-refractivity contribution in [3.63, 3.8) is 0 Å². The highest BCUT2D eigenvalue weighted by atomic mass is 32.1. The zero-order chi connectivity index (χ0) is 26.4. The lowest BCUT2D eigenvalue weighted by atomic mass is 10.1. The summed E-state index contributed by atoms with van der Waals surface area (Å²) in [5.74, 6) is -1.63. The summed E-state index contributed by atoms with van der Waals surface area (Å²) in [7, 11) is 0. The number of nitrogens with zero attached hydrogens (tertiary/aromatic N) is 1. The van der Waals surface area contributed by atoms with E-state index in [2.05, 4.69) is 10.3 Å². The minimum atomic E-state index is -4.56. The van der Waals surface area contributed by atoms with Crippen molar-refractivity contribution >= 4 is 50.8 Å². The SMILES string of the molecule is CCC(C(=O)O)c1ccc(-c2csc(Nc3ccc(OCCCCc4cccs4)c(C(F)(F)F)c3)n2)s1. The molecule has 5 nitrogen and oxygen atoms in total. The lowest BCUT2D eigenvalue weighted by Gasteiger charge is -2.15. The maximum absolute atomic E-state index is 13.7. The van der Waals surface area contributed by atoms with Crippen LogP contribution in [0.3, 0.4) is 0 Å². The summed E-state index contributed by atoms with van der Waals surface area (Å²) < 4.78 is 46.7. The lowest BCUT2D eigenvalue weighted by molar-refractivity contribution is -0.139. The largest absolute Gasteiger partial charge is 0.493 e. The van der Waals surface area contributed by atoms with Gasteiger partial charge in [-0.3, -0.25) is 4.79 Å². The predicted molar refractivity (Wildman–Crippen MR) is 144 cm³/mol. The first-order valence-electron chi connectivity index (χ1n) is 11.7. The molecule has 0 aliphatic carbocycles. The van der Waals surface area contributed by atoms with Gasteiger partial charge in [-0.15, -0.1) is 34.0 Å². The molecule has 0 amide bonds. The monoisotopic (exact) mass is 566 g/mol. The number of carboxylic acid groups (broad SMARTS) is 1. The van der Waals surface area contributed by atoms with Crippen LogP contribution in [-0.2, 0) is 17.4 Å². The number of hydrogen-bond acceptors (Lipinski definition) is 7. The summed E-state index contributed by atoms with van der Waals surface area (Å²) in [4.78, 5) is 18.7. The van der Waals surface area contributed by atoms with Crippen molar-refractivity contribution in [2.75, 3.05) is 11.9 Å². The van der Waals surface area contributed by atoms with Crippen LogP contribution in [0.1, 0.15) is 47.4 Å². The first-order valence-corrected chi connectivity index (χ1v) is 14.2. The van der Waals surface area contributed by atoms with Gasteiger partial charge in [0.25, 0.3) is 0 Å². The van der Waals surface area contributed by atoms with Crippen molar-refractivity contribution < 1.29 is 27.8 Å². The molecule has 0 bridgehead atoms. The molecule has 2 N–H and O–H groups in total. The van der Waals surface area contributed by atoms with E-state index in [1.54, 1.807) is 28.8 Å². The van der Waals surface area contributed by atoms with Crippen LogP contribution in [0.25, 0.3) is 10.6 Å². The standard InChI is InChI=1S/C26H25F3N2O3S3/c1-2-18(24(32)33)22-10-11-23(37-22)20-15-36-25(31-20)30-16-8-9-21(19(14-16)26(27,28)29)34-12-4-3-6-17-7-5-13-35-17/h5,7-11,13-15,18H,2-4,6,12H2,1H3,(H,30,31)(H,32,33). The van der Waals surface area contributed by atoms with E-state index in [0.717, 1.165) is 28.7 Å². The van der Waals surface area contributed by atoms with E-state index >= 15 is 0 Å². The number of thiazole rings is 1. The number of aromatic nitrogens is 1. The molecular formula is C26H25F3N2O3S3. The predicted octanol–water partition coefficient (Wildman–Crippen LogP) is 8.68. The number of aliphatic carboxylic acids is 1. The smallest absolute Gasteiger partial charge is 0.420 e. The van der Waals surface area contributed by atoms with Crippen LogP contribution in [0.15, 0.2) is 53.2 Å². The molecule has 0 saturated carbocycles. The zero-order valence-electron chi connectivity index (χ0n) is 19.9. The summed E-state index contributed by atoms with van der Waals surface area (Å²) >= 11 is 4.28. The Kier molecular flexibility index (Phi) is 8.88. The number of halogens is 3. The number of carboxylic acids is 1. The average Bonchev–Trinajstić information content (AvgIpc) is 3.62. The number of thiophene rings is 2. The van der Waals surface area contributed by atoms with Gasteiger partial charge in [0, 0.05) is 20.8 Å². The number of hydrogen-bond donors (Lipinski definition) is 2. The van der Waals surface area contributed by atoms with Crippen LogP contribution < -0.4 is 10.1 Å². The molecule has 0 aliphatic rings. The quantitative estimate of drug-likeness (QED) is 0.168. The molecule has 4 rings (SSSR count). The Bertz CT molecular complexity index is 1320. The molecule has 1 aromatic carbocycles. The number of unbranched alkanes of at least 4 members (excludes halogenated alkanes) is 1. The van der Waals surface area contributed by atoms with Crippen LogP contribution in [0.5, 0.6) is 5.75 Å². The average molecular weight is 567 g/mol. The van der Waals surface area contributed by atoms with Gasteiger partial charge in [0.05, 0.1) is 28.7 Å². The zero-order valence-corrected chi connectivity index (χ0v) is 22.3. The number of benzene rings is 1. The van der Waals surface area contributed by atoms with Gasteiger partial charge in [0.2, 0.25) is 0 Å². The third-order valence-corrected chi connectivity index (χ3v) is 8.54. The van der Waals surface area contributed by atoms with Crippen molar-refractivity contribution in [3.05, 3.63) is 68.5 Å². The Morgan fingerprint density at radius 1 is 1.16 bits per heavy atom. The molecule has 0 saturated heterocycles. The Labute approximate surface area is 224 Å². The van der Waals surface area contributed by atoms with Gasteiger partial charge in [-0.05, 0) is 67.5 Å². The number of aryl methyl sites for hydroxylation is 1. The second kappa shape index (κ2) is 12.1. The number of nitrogens with one attached hydrogen (secondary N) is 1. The molecule has 4 aromatic rings. The van der Waals surface area contributed by atoms with E-state index in [-0.39, 0.29) is 18.0 Å². The van der Waals surface area contributed by atoms with E-state index in [4.69, 9.17) is 4.74 Å². The van der Waals surface area contributed by atoms with Crippen LogP contribution in [0.4, 0.5) is 24.0 Å². The van der Waals surface area contributed by atoms with Crippen LogP contribution >= 0.6 is 34.0 Å². The highest BCUT2D eigenvalue weighted by Crippen LogP contribution is 2.40. The molecule has 196 valence electrons. The number of alkyl halides is 3. The summed E-state index contributed by atoms with van der Waals surface area (Å²) in [5, 5.41) is 16.6. The highest BCUT2D eigenvalue weighted by molar-refractivity contribution is 7.17. The number of rotatable bonds is 12. The molecule has 0 fully saturated rings. The van der Waals surface area contributed by atoms with Crippen molar-refractivity contribution in [2.45, 2.75) is 44.7 Å². The van der Waals surface area contributed by atoms with E-state index in [0.29, 0.717) is 23.7 Å². The van der Waals surface area contributed by atoms with E-state index < -0.39 is 23.6 Å². The van der Waals surface area contributed by atoms with Gasteiger partial charge in [-0.1, -0.05) is 13.0 Å². The molecule has 0 aliphatic heterocycles. The third-order valence-electron chi connectivity index (χ3n) is 5.62. The molecule has 11 heteroatoms. The van der Waals surface area contributed by atoms with Crippen molar-refractivity contribution in [1.82, 2.24) is 4.98 Å². The molecule has 3 aromatic heterocycles. The topological polar surface area (TPSA) is 71.5 Å².